The number of nitrogens with zero attached hydrogens (tertiary/aromatic N) is 3. The Balaban J connectivity index is 1.28. The first-order valence-electron chi connectivity index (χ1n) is 15.9. The van der Waals surface area contributed by atoms with Crippen LogP contribution in [0.4, 0.5) is 0 Å². The Hall–Kier alpha value is -3.64. The van der Waals surface area contributed by atoms with Crippen molar-refractivity contribution in [3.63, 3.8) is 0 Å². The molecule has 0 aromatic heterocycles. The number of hydroxylamine groups is 1. The first kappa shape index (κ1) is 34.2. The molecule has 0 saturated carbocycles. The lowest BCUT2D eigenvalue weighted by Crippen LogP contribution is -2.59. The molecule has 244 valence electrons. The van der Waals surface area contributed by atoms with E-state index >= 15 is 0 Å². The van der Waals surface area contributed by atoms with Gasteiger partial charge in [-0.15, -0.1) is 0 Å². The van der Waals surface area contributed by atoms with Crippen LogP contribution in [0.2, 0.25) is 0 Å². The number of benzene rings is 2. The van der Waals surface area contributed by atoms with Crippen molar-refractivity contribution in [1.29, 1.82) is 0 Å². The maximum absolute atomic E-state index is 13.9. The predicted molar refractivity (Wildman–Crippen MR) is 168 cm³/mol. The van der Waals surface area contributed by atoms with Crippen molar-refractivity contribution in [3.05, 3.63) is 71.3 Å². The lowest BCUT2D eigenvalue weighted by molar-refractivity contribution is -0.784. The molecule has 0 bridgehead atoms. The van der Waals surface area contributed by atoms with Gasteiger partial charge in [0, 0.05) is 25.8 Å². The van der Waals surface area contributed by atoms with E-state index in [0.29, 0.717) is 76.4 Å². The van der Waals surface area contributed by atoms with E-state index in [4.69, 9.17) is 14.2 Å². The van der Waals surface area contributed by atoms with Crippen molar-refractivity contribution >= 4 is 23.9 Å². The van der Waals surface area contributed by atoms with Crippen molar-refractivity contribution in [3.8, 4) is 0 Å². The summed E-state index contributed by atoms with van der Waals surface area (Å²) in [5, 5.41) is 13.4. The van der Waals surface area contributed by atoms with Crippen LogP contribution in [-0.4, -0.2) is 109 Å². The maximum Gasteiger partial charge on any atom is 0.262 e. The molecule has 2 heterocycles. The van der Waals surface area contributed by atoms with Gasteiger partial charge in [-0.25, -0.2) is 0 Å². The van der Waals surface area contributed by atoms with Crippen LogP contribution in [0.25, 0.3) is 0 Å². The highest BCUT2D eigenvalue weighted by Crippen LogP contribution is 2.34. The number of amides is 3. The van der Waals surface area contributed by atoms with Gasteiger partial charge in [-0.2, -0.15) is 0 Å². The summed E-state index contributed by atoms with van der Waals surface area (Å²) in [6, 6.07) is 16.4. The Morgan fingerprint density at radius 3 is 2.47 bits per heavy atom. The fraction of sp³-hybridized carbons (Fsp3) is 0.529. The van der Waals surface area contributed by atoms with Crippen molar-refractivity contribution in [2.75, 3.05) is 53.1 Å². The Labute approximate surface area is 265 Å². The lowest BCUT2D eigenvalue weighted by Gasteiger charge is -2.39. The highest BCUT2D eigenvalue weighted by atomic mass is 16.7. The molecular weight excluding hydrogens is 576 g/mol. The van der Waals surface area contributed by atoms with Gasteiger partial charge in [0.25, 0.3) is 11.8 Å². The quantitative estimate of drug-likeness (QED) is 0.0647. The average Bonchev–Trinajstić information content (AvgIpc) is 3.32. The van der Waals surface area contributed by atoms with Crippen molar-refractivity contribution in [2.45, 2.75) is 63.8 Å². The van der Waals surface area contributed by atoms with Gasteiger partial charge >= 0.3 is 0 Å². The second-order valence-corrected chi connectivity index (χ2v) is 11.7. The first-order chi connectivity index (χ1) is 21.8. The number of ether oxygens (including phenoxy) is 3. The summed E-state index contributed by atoms with van der Waals surface area (Å²) >= 11 is 0. The van der Waals surface area contributed by atoms with Crippen molar-refractivity contribution in [2.24, 2.45) is 0 Å². The Kier molecular flexibility index (Phi) is 13.1. The number of nitrogens with one attached hydrogen (secondary N) is 1. The van der Waals surface area contributed by atoms with E-state index in [1.54, 1.807) is 44.5 Å². The van der Waals surface area contributed by atoms with E-state index in [9.17, 15) is 19.6 Å². The van der Waals surface area contributed by atoms with E-state index in [0.717, 1.165) is 41.1 Å². The second-order valence-electron chi connectivity index (χ2n) is 11.7. The van der Waals surface area contributed by atoms with Crippen LogP contribution in [0.1, 0.15) is 71.7 Å². The Morgan fingerprint density at radius 2 is 1.78 bits per heavy atom. The molecule has 0 spiro atoms. The predicted octanol–water partition coefficient (Wildman–Crippen LogP) is 3.49. The third kappa shape index (κ3) is 9.43. The molecule has 2 aromatic carbocycles. The molecule has 0 aliphatic carbocycles. The fourth-order valence-corrected chi connectivity index (χ4v) is 5.68. The van der Waals surface area contributed by atoms with Gasteiger partial charge in [-0.3, -0.25) is 24.5 Å². The molecule has 1 fully saturated rings. The number of fused-ring (bicyclic) bond motifs is 1. The van der Waals surface area contributed by atoms with Gasteiger partial charge in [0.15, 0.2) is 6.29 Å². The number of imide groups is 1. The van der Waals surface area contributed by atoms with E-state index in [1.807, 2.05) is 30.3 Å². The first-order valence-corrected chi connectivity index (χ1v) is 15.9. The molecule has 2 N–H and O–H groups in total. The number of rotatable bonds is 18. The third-order valence-corrected chi connectivity index (χ3v) is 8.24. The molecule has 2 atom stereocenters. The molecular formula is C34H47N4O7+. The zero-order chi connectivity index (χ0) is 32.1. The van der Waals surface area contributed by atoms with E-state index in [2.05, 4.69) is 5.32 Å². The molecule has 11 nitrogen and oxygen atoms in total. The molecule has 3 amide bonds. The smallest absolute Gasteiger partial charge is 0.262 e. The van der Waals surface area contributed by atoms with Crippen LogP contribution < -0.4 is 5.32 Å². The molecule has 0 radical (unpaired) electrons. The van der Waals surface area contributed by atoms with E-state index in [-0.39, 0.29) is 12.2 Å². The summed E-state index contributed by atoms with van der Waals surface area (Å²) in [7, 11) is 1.67. The van der Waals surface area contributed by atoms with E-state index < -0.39 is 17.4 Å². The summed E-state index contributed by atoms with van der Waals surface area (Å²) in [6.07, 6.45) is 6.15. The van der Waals surface area contributed by atoms with Gasteiger partial charge in [-0.1, -0.05) is 42.5 Å². The largest absolute Gasteiger partial charge is 0.377 e. The summed E-state index contributed by atoms with van der Waals surface area (Å²) in [4.78, 5) is 43.5. The number of hydrogen-bond donors (Lipinski definition) is 2. The minimum atomic E-state index is -1.37. The molecule has 11 heteroatoms. The minimum Gasteiger partial charge on any atom is -0.377 e. The fourth-order valence-electron chi connectivity index (χ4n) is 5.68. The van der Waals surface area contributed by atoms with Gasteiger partial charge in [-0.05, 0) is 68.9 Å². The zero-order valence-electron chi connectivity index (χ0n) is 26.5. The average molecular weight is 624 g/mol. The summed E-state index contributed by atoms with van der Waals surface area (Å²) in [5.41, 5.74) is 0.266. The molecule has 45 heavy (non-hydrogen) atoms. The monoisotopic (exact) mass is 623 g/mol. The topological polar surface area (TPSA) is 121 Å². The number of unbranched alkanes of at least 4 members (excludes halogenated alkanes) is 1. The van der Waals surface area contributed by atoms with E-state index in [1.165, 1.54) is 4.90 Å². The molecule has 2 aromatic rings. The van der Waals surface area contributed by atoms with Crippen LogP contribution >= 0.6 is 0 Å². The third-order valence-electron chi connectivity index (χ3n) is 8.24. The molecule has 2 unspecified atom stereocenters. The van der Waals surface area contributed by atoms with Crippen LogP contribution in [-0.2, 0) is 25.5 Å². The summed E-state index contributed by atoms with van der Waals surface area (Å²) in [6.45, 7) is 5.28. The SMILES string of the molecule is CN(CCOCCOC1CCCCO1)C(=O)C(C)(CCCCNCC=[N+](O)Cc1ccccc1)N1C(=O)c2ccccc2C1=O. The number of likely N-dealkylation sites (N-methyl/N-ethyl adjacent to an activating group) is 1. The Bertz CT molecular complexity index is 1260. The van der Waals surface area contributed by atoms with Crippen LogP contribution in [0.3, 0.4) is 0 Å². The van der Waals surface area contributed by atoms with Crippen LogP contribution in [0.5, 0.6) is 0 Å². The molecule has 4 rings (SSSR count). The van der Waals surface area contributed by atoms with Crippen molar-refractivity contribution < 1.29 is 38.5 Å². The molecule has 1 saturated heterocycles. The molecule has 2 aliphatic rings. The number of carbonyl (C=O) groups excluding carboxylic acids is 3. The Morgan fingerprint density at radius 1 is 1.07 bits per heavy atom. The second kappa shape index (κ2) is 17.2. The van der Waals surface area contributed by atoms with Gasteiger partial charge < -0.3 is 24.4 Å². The number of hydrogen-bond acceptors (Lipinski definition) is 8. The summed E-state index contributed by atoms with van der Waals surface area (Å²) < 4.78 is 18.1. The van der Waals surface area contributed by atoms with Crippen LogP contribution in [0.15, 0.2) is 54.6 Å². The summed E-state index contributed by atoms with van der Waals surface area (Å²) in [5.74, 6) is -1.22. The highest BCUT2D eigenvalue weighted by Gasteiger charge is 2.51. The number of carbonyl (C=O) groups is 3. The van der Waals surface area contributed by atoms with Gasteiger partial charge in [0.05, 0.1) is 37.5 Å². The minimum absolute atomic E-state index is 0.177. The van der Waals surface area contributed by atoms with Gasteiger partial charge in [0.1, 0.15) is 5.54 Å². The molecule has 2 aliphatic heterocycles. The van der Waals surface area contributed by atoms with Crippen molar-refractivity contribution in [1.82, 2.24) is 15.1 Å². The standard InChI is InChI=1S/C34H47N4O7/c1-34(38-31(39)28-14-6-7-15-29(28)32(38)40,17-9-10-18-35-19-20-37(42)26-27-12-4-3-5-13-27)33(41)36(2)21-23-43-24-25-45-30-16-8-11-22-44-30/h3-7,12-15,20,30,35,42H,8-11,16-19,21-26H2,1-2H3/q+1. The normalized spacial score (nSPS) is 18.1. The highest BCUT2D eigenvalue weighted by molar-refractivity contribution is 6.23. The van der Waals surface area contributed by atoms with Gasteiger partial charge in [0.2, 0.25) is 18.7 Å². The zero-order valence-corrected chi connectivity index (χ0v) is 26.5. The maximum atomic E-state index is 13.9. The van der Waals surface area contributed by atoms with Crippen LogP contribution in [0, 0.1) is 0 Å². The lowest BCUT2D eigenvalue weighted by atomic mass is 9.90.